The highest BCUT2D eigenvalue weighted by Crippen LogP contribution is 2.32. The lowest BCUT2D eigenvalue weighted by Crippen LogP contribution is -2.33. The number of aliphatic hydroxyl groups is 1. The maximum atomic E-state index is 12.1. The molecule has 0 spiro atoms. The van der Waals surface area contributed by atoms with Crippen molar-refractivity contribution in [2.24, 2.45) is 13.0 Å². The molecule has 1 aromatic carbocycles. The van der Waals surface area contributed by atoms with Crippen molar-refractivity contribution in [1.82, 2.24) is 15.1 Å². The molecule has 0 bridgehead atoms. The molecule has 2 N–H and O–H groups in total. The second-order valence-corrected chi connectivity index (χ2v) is 5.10. The Hall–Kier alpha value is -1.88. The van der Waals surface area contributed by atoms with E-state index in [2.05, 4.69) is 10.4 Å². The van der Waals surface area contributed by atoms with Gasteiger partial charge in [-0.05, 0) is 24.8 Å². The predicted octanol–water partition coefficient (Wildman–Crippen LogP) is 1.07. The normalized spacial score (nSPS) is 16.5. The summed E-state index contributed by atoms with van der Waals surface area (Å²) >= 11 is 0. The maximum absolute atomic E-state index is 12.1. The van der Waals surface area contributed by atoms with Crippen LogP contribution in [-0.4, -0.2) is 33.4 Å². The number of rotatable bonds is 4. The number of hydrogen-bond donors (Lipinski definition) is 2. The third-order valence-electron chi connectivity index (χ3n) is 3.61. The fourth-order valence-electron chi connectivity index (χ4n) is 2.31. The van der Waals surface area contributed by atoms with Crippen molar-refractivity contribution in [2.75, 3.05) is 6.54 Å². The molecule has 19 heavy (non-hydrogen) atoms. The van der Waals surface area contributed by atoms with Crippen LogP contribution in [0, 0.1) is 5.92 Å². The molecule has 1 aromatic heterocycles. The number of aliphatic hydroxyl groups excluding tert-OH is 1. The van der Waals surface area contributed by atoms with Crippen LogP contribution < -0.4 is 5.32 Å². The standard InChI is InChI=1S/C14H17N3O2/c1-17-11-5-3-2-4-10(11)13(16-17)14(19)15-8-12(18)9-6-7-9/h2-5,9,12,18H,6-8H2,1H3,(H,15,19). The van der Waals surface area contributed by atoms with E-state index in [1.165, 1.54) is 0 Å². The zero-order chi connectivity index (χ0) is 13.4. The van der Waals surface area contributed by atoms with Crippen LogP contribution in [0.1, 0.15) is 23.3 Å². The summed E-state index contributed by atoms with van der Waals surface area (Å²) in [7, 11) is 1.82. The Morgan fingerprint density at radius 1 is 1.53 bits per heavy atom. The van der Waals surface area contributed by atoms with Gasteiger partial charge in [0, 0.05) is 19.0 Å². The average Bonchev–Trinajstić information content (AvgIpc) is 3.21. The minimum absolute atomic E-state index is 0.225. The van der Waals surface area contributed by atoms with E-state index >= 15 is 0 Å². The summed E-state index contributed by atoms with van der Waals surface area (Å²) in [6, 6.07) is 7.62. The molecule has 2 aromatic rings. The van der Waals surface area contributed by atoms with Crippen molar-refractivity contribution < 1.29 is 9.90 Å². The summed E-state index contributed by atoms with van der Waals surface area (Å²) in [5.41, 5.74) is 1.34. The van der Waals surface area contributed by atoms with Crippen LogP contribution in [0.15, 0.2) is 24.3 Å². The van der Waals surface area contributed by atoms with Gasteiger partial charge in [0.1, 0.15) is 0 Å². The molecule has 3 rings (SSSR count). The number of hydrogen-bond acceptors (Lipinski definition) is 3. The number of carbonyl (C=O) groups excluding carboxylic acids is 1. The summed E-state index contributed by atoms with van der Waals surface area (Å²) < 4.78 is 1.70. The Morgan fingerprint density at radius 2 is 2.26 bits per heavy atom. The number of aromatic nitrogens is 2. The van der Waals surface area contributed by atoms with Gasteiger partial charge < -0.3 is 10.4 Å². The van der Waals surface area contributed by atoms with Crippen molar-refractivity contribution in [1.29, 1.82) is 0 Å². The molecule has 0 aliphatic heterocycles. The second-order valence-electron chi connectivity index (χ2n) is 5.10. The van der Waals surface area contributed by atoms with E-state index in [4.69, 9.17) is 0 Å². The number of fused-ring (bicyclic) bond motifs is 1. The van der Waals surface area contributed by atoms with E-state index in [1.807, 2.05) is 31.3 Å². The smallest absolute Gasteiger partial charge is 0.272 e. The van der Waals surface area contributed by atoms with Crippen molar-refractivity contribution >= 4 is 16.8 Å². The molecule has 1 fully saturated rings. The molecule has 100 valence electrons. The lowest BCUT2D eigenvalue weighted by atomic mass is 10.2. The monoisotopic (exact) mass is 259 g/mol. The summed E-state index contributed by atoms with van der Waals surface area (Å²) in [6.07, 6.45) is 1.69. The molecule has 1 aliphatic carbocycles. The van der Waals surface area contributed by atoms with Crippen LogP contribution in [0.25, 0.3) is 10.9 Å². The number of benzene rings is 1. The van der Waals surface area contributed by atoms with Crippen molar-refractivity contribution in [2.45, 2.75) is 18.9 Å². The van der Waals surface area contributed by atoms with E-state index in [1.54, 1.807) is 4.68 Å². The van der Waals surface area contributed by atoms with Crippen LogP contribution >= 0.6 is 0 Å². The maximum Gasteiger partial charge on any atom is 0.272 e. The van der Waals surface area contributed by atoms with Crippen LogP contribution in [-0.2, 0) is 7.05 Å². The quantitative estimate of drug-likeness (QED) is 0.863. The third-order valence-corrected chi connectivity index (χ3v) is 3.61. The molecule has 5 nitrogen and oxygen atoms in total. The molecule has 5 heteroatoms. The minimum atomic E-state index is -0.432. The first-order chi connectivity index (χ1) is 9.16. The Labute approximate surface area is 111 Å². The average molecular weight is 259 g/mol. The first-order valence-electron chi connectivity index (χ1n) is 6.55. The van der Waals surface area contributed by atoms with Crippen molar-refractivity contribution in [3.8, 4) is 0 Å². The third kappa shape index (κ3) is 2.33. The number of amides is 1. The highest BCUT2D eigenvalue weighted by atomic mass is 16.3. The van der Waals surface area contributed by atoms with Gasteiger partial charge in [-0.15, -0.1) is 0 Å². The SMILES string of the molecule is Cn1nc(C(=O)NCC(O)C2CC2)c2ccccc21. The number of aryl methyl sites for hydroxylation is 1. The highest BCUT2D eigenvalue weighted by molar-refractivity contribution is 6.04. The summed E-state index contributed by atoms with van der Waals surface area (Å²) in [5.74, 6) is 0.136. The van der Waals surface area contributed by atoms with Gasteiger partial charge in [0.05, 0.1) is 11.6 Å². The van der Waals surface area contributed by atoms with Gasteiger partial charge >= 0.3 is 0 Å². The summed E-state index contributed by atoms with van der Waals surface area (Å²) in [6.45, 7) is 0.300. The molecule has 1 unspecified atom stereocenters. The van der Waals surface area contributed by atoms with E-state index in [-0.39, 0.29) is 5.91 Å². The van der Waals surface area contributed by atoms with Crippen LogP contribution in [0.2, 0.25) is 0 Å². The fourth-order valence-corrected chi connectivity index (χ4v) is 2.31. The van der Waals surface area contributed by atoms with E-state index in [9.17, 15) is 9.90 Å². The number of para-hydroxylation sites is 1. The van der Waals surface area contributed by atoms with E-state index in [0.29, 0.717) is 18.2 Å². The lowest BCUT2D eigenvalue weighted by Gasteiger charge is -2.09. The topological polar surface area (TPSA) is 67.2 Å². The van der Waals surface area contributed by atoms with Gasteiger partial charge in [0.2, 0.25) is 0 Å². The van der Waals surface area contributed by atoms with E-state index < -0.39 is 6.10 Å². The highest BCUT2D eigenvalue weighted by Gasteiger charge is 2.30. The molecular weight excluding hydrogens is 242 g/mol. The first kappa shape index (κ1) is 12.2. The van der Waals surface area contributed by atoms with Gasteiger partial charge in [-0.3, -0.25) is 9.48 Å². The van der Waals surface area contributed by atoms with Gasteiger partial charge in [-0.2, -0.15) is 5.10 Å². The van der Waals surface area contributed by atoms with Crippen LogP contribution in [0.5, 0.6) is 0 Å². The van der Waals surface area contributed by atoms with Crippen molar-refractivity contribution in [3.05, 3.63) is 30.0 Å². The molecule has 1 heterocycles. The van der Waals surface area contributed by atoms with Gasteiger partial charge in [0.25, 0.3) is 5.91 Å². The number of carbonyl (C=O) groups is 1. The molecule has 0 radical (unpaired) electrons. The molecule has 1 atom stereocenters. The van der Waals surface area contributed by atoms with Gasteiger partial charge in [0.15, 0.2) is 5.69 Å². The van der Waals surface area contributed by atoms with Crippen LogP contribution in [0.4, 0.5) is 0 Å². The predicted molar refractivity (Wildman–Crippen MR) is 71.8 cm³/mol. The second kappa shape index (κ2) is 4.66. The largest absolute Gasteiger partial charge is 0.391 e. The Bertz CT molecular complexity index is 616. The zero-order valence-corrected chi connectivity index (χ0v) is 10.8. The Kier molecular flexibility index (Phi) is 2.98. The van der Waals surface area contributed by atoms with Gasteiger partial charge in [-0.1, -0.05) is 18.2 Å². The molecule has 0 saturated heterocycles. The molecule has 1 amide bonds. The van der Waals surface area contributed by atoms with E-state index in [0.717, 1.165) is 23.7 Å². The lowest BCUT2D eigenvalue weighted by molar-refractivity contribution is 0.0897. The van der Waals surface area contributed by atoms with Gasteiger partial charge in [-0.25, -0.2) is 0 Å². The summed E-state index contributed by atoms with van der Waals surface area (Å²) in [4.78, 5) is 12.1. The Morgan fingerprint density at radius 3 is 3.00 bits per heavy atom. The zero-order valence-electron chi connectivity index (χ0n) is 10.8. The number of nitrogens with one attached hydrogen (secondary N) is 1. The minimum Gasteiger partial charge on any atom is -0.391 e. The van der Waals surface area contributed by atoms with Crippen LogP contribution in [0.3, 0.4) is 0 Å². The summed E-state index contributed by atoms with van der Waals surface area (Å²) in [5, 5.41) is 17.6. The number of nitrogens with zero attached hydrogens (tertiary/aromatic N) is 2. The Balaban J connectivity index is 1.77. The van der Waals surface area contributed by atoms with Crippen molar-refractivity contribution in [3.63, 3.8) is 0 Å². The fraction of sp³-hybridized carbons (Fsp3) is 0.429. The first-order valence-corrected chi connectivity index (χ1v) is 6.55. The molecule has 1 aliphatic rings. The molecule has 1 saturated carbocycles. The molecular formula is C14H17N3O2.